The van der Waals surface area contributed by atoms with Crippen molar-refractivity contribution in [1.82, 2.24) is 4.98 Å². The summed E-state index contributed by atoms with van der Waals surface area (Å²) in [6, 6.07) is 10.9. The van der Waals surface area contributed by atoms with Gasteiger partial charge < -0.3 is 5.11 Å². The number of nitrogens with one attached hydrogen (secondary N) is 1. The Morgan fingerprint density at radius 2 is 2.00 bits per heavy atom. The molecule has 1 aromatic heterocycles. The fourth-order valence-corrected chi connectivity index (χ4v) is 1.43. The summed E-state index contributed by atoms with van der Waals surface area (Å²) < 4.78 is 0. The highest BCUT2D eigenvalue weighted by molar-refractivity contribution is 5.84. The summed E-state index contributed by atoms with van der Waals surface area (Å²) >= 11 is 0. The van der Waals surface area contributed by atoms with Crippen LogP contribution in [0, 0.1) is 0 Å². The molecule has 2 N–H and O–H groups in total. The fourth-order valence-electron chi connectivity index (χ4n) is 1.43. The minimum Gasteiger partial charge on any atom is -0.465 e. The van der Waals surface area contributed by atoms with E-state index in [1.165, 1.54) is 0 Å². The lowest BCUT2D eigenvalue weighted by Gasteiger charge is -2.04. The molecular weight excluding hydrogens is 204 g/mol. The lowest BCUT2D eigenvalue weighted by molar-refractivity contribution is 0.210. The Morgan fingerprint density at radius 1 is 1.19 bits per heavy atom. The average molecular weight is 214 g/mol. The molecule has 0 aliphatic rings. The number of nitrogens with zero attached hydrogens (tertiary/aromatic N) is 1. The number of rotatable bonds is 2. The molecule has 0 aliphatic heterocycles. The summed E-state index contributed by atoms with van der Waals surface area (Å²) in [4.78, 5) is 14.5. The highest BCUT2D eigenvalue weighted by atomic mass is 16.4. The minimum atomic E-state index is -1.07. The molecule has 4 nitrogen and oxygen atoms in total. The molecule has 0 saturated heterocycles. The van der Waals surface area contributed by atoms with Crippen LogP contribution >= 0.6 is 0 Å². The Morgan fingerprint density at radius 3 is 2.69 bits per heavy atom. The van der Waals surface area contributed by atoms with Crippen molar-refractivity contribution in [3.05, 3.63) is 48.8 Å². The van der Waals surface area contributed by atoms with Crippen molar-refractivity contribution in [1.29, 1.82) is 0 Å². The molecule has 1 amide bonds. The summed E-state index contributed by atoms with van der Waals surface area (Å²) in [5, 5.41) is 10.9. The molecule has 0 radical (unpaired) electrons. The monoisotopic (exact) mass is 214 g/mol. The number of hydrogen-bond acceptors (Lipinski definition) is 2. The van der Waals surface area contributed by atoms with Crippen molar-refractivity contribution >= 4 is 11.8 Å². The van der Waals surface area contributed by atoms with E-state index in [9.17, 15) is 4.79 Å². The van der Waals surface area contributed by atoms with Gasteiger partial charge in [0.2, 0.25) is 0 Å². The minimum absolute atomic E-state index is 0.550. The first-order valence-electron chi connectivity index (χ1n) is 4.76. The smallest absolute Gasteiger partial charge is 0.409 e. The summed E-state index contributed by atoms with van der Waals surface area (Å²) in [6.45, 7) is 0. The maximum Gasteiger partial charge on any atom is 0.409 e. The zero-order chi connectivity index (χ0) is 11.4. The van der Waals surface area contributed by atoms with E-state index < -0.39 is 6.09 Å². The Kier molecular flexibility index (Phi) is 2.82. The molecule has 1 aromatic carbocycles. The molecule has 4 heteroatoms. The first kappa shape index (κ1) is 10.2. The summed E-state index contributed by atoms with van der Waals surface area (Å²) in [6.07, 6.45) is 2.37. The number of hydrogen-bond donors (Lipinski definition) is 2. The van der Waals surface area contributed by atoms with Crippen LogP contribution in [-0.2, 0) is 0 Å². The van der Waals surface area contributed by atoms with Crippen LogP contribution in [0.25, 0.3) is 11.1 Å². The molecule has 0 spiro atoms. The van der Waals surface area contributed by atoms with Gasteiger partial charge in [-0.15, -0.1) is 0 Å². The molecule has 1 heterocycles. The van der Waals surface area contributed by atoms with Gasteiger partial charge in [0.1, 0.15) is 0 Å². The second-order valence-corrected chi connectivity index (χ2v) is 3.25. The predicted molar refractivity (Wildman–Crippen MR) is 61.3 cm³/mol. The van der Waals surface area contributed by atoms with Gasteiger partial charge in [0, 0.05) is 23.6 Å². The van der Waals surface area contributed by atoms with Gasteiger partial charge in [-0.1, -0.05) is 18.2 Å². The Balaban J connectivity index is 2.33. The number of carbonyl (C=O) groups is 1. The predicted octanol–water partition coefficient (Wildman–Crippen LogP) is 2.84. The quantitative estimate of drug-likeness (QED) is 0.807. The second-order valence-electron chi connectivity index (χ2n) is 3.25. The molecule has 0 saturated carbocycles. The van der Waals surface area contributed by atoms with Crippen molar-refractivity contribution in [2.75, 3.05) is 5.32 Å². The molecule has 2 rings (SSSR count). The van der Waals surface area contributed by atoms with Gasteiger partial charge in [0.05, 0.1) is 0 Å². The first-order chi connectivity index (χ1) is 7.75. The topological polar surface area (TPSA) is 62.2 Å². The summed E-state index contributed by atoms with van der Waals surface area (Å²) in [5.41, 5.74) is 2.43. The molecule has 0 atom stereocenters. The Hall–Kier alpha value is -2.36. The molecular formula is C12H10N2O2. The molecule has 0 bridgehead atoms. The SMILES string of the molecule is O=C(O)Nc1cccc(-c2cccnc2)c1. The number of anilines is 1. The molecule has 16 heavy (non-hydrogen) atoms. The molecule has 0 unspecified atom stereocenters. The number of aromatic nitrogens is 1. The molecule has 0 aliphatic carbocycles. The van der Waals surface area contributed by atoms with Gasteiger partial charge in [0.25, 0.3) is 0 Å². The van der Waals surface area contributed by atoms with Crippen LogP contribution in [0.1, 0.15) is 0 Å². The van der Waals surface area contributed by atoms with Crippen molar-refractivity contribution in [3.63, 3.8) is 0 Å². The summed E-state index contributed by atoms with van der Waals surface area (Å²) in [7, 11) is 0. The van der Waals surface area contributed by atoms with Gasteiger partial charge in [-0.05, 0) is 23.8 Å². The van der Waals surface area contributed by atoms with E-state index >= 15 is 0 Å². The number of benzene rings is 1. The van der Waals surface area contributed by atoms with Crippen LogP contribution in [-0.4, -0.2) is 16.2 Å². The van der Waals surface area contributed by atoms with Crippen LogP contribution in [0.4, 0.5) is 10.5 Å². The average Bonchev–Trinajstić information content (AvgIpc) is 2.30. The van der Waals surface area contributed by atoms with Gasteiger partial charge in [-0.2, -0.15) is 0 Å². The highest BCUT2D eigenvalue weighted by Gasteiger charge is 2.01. The maximum atomic E-state index is 10.5. The van der Waals surface area contributed by atoms with Crippen molar-refractivity contribution in [3.8, 4) is 11.1 Å². The van der Waals surface area contributed by atoms with E-state index in [1.54, 1.807) is 30.6 Å². The largest absolute Gasteiger partial charge is 0.465 e. The highest BCUT2D eigenvalue weighted by Crippen LogP contribution is 2.21. The Bertz CT molecular complexity index is 497. The van der Waals surface area contributed by atoms with E-state index in [1.807, 2.05) is 18.2 Å². The number of amides is 1. The second kappa shape index (κ2) is 4.44. The third-order valence-electron chi connectivity index (χ3n) is 2.11. The van der Waals surface area contributed by atoms with Gasteiger partial charge >= 0.3 is 6.09 Å². The van der Waals surface area contributed by atoms with Crippen LogP contribution < -0.4 is 5.32 Å². The lowest BCUT2D eigenvalue weighted by atomic mass is 10.1. The number of carboxylic acid groups (broad SMARTS) is 1. The van der Waals surface area contributed by atoms with E-state index in [0.717, 1.165) is 11.1 Å². The van der Waals surface area contributed by atoms with Crippen LogP contribution in [0.3, 0.4) is 0 Å². The van der Waals surface area contributed by atoms with E-state index in [4.69, 9.17) is 5.11 Å². The Labute approximate surface area is 92.6 Å². The van der Waals surface area contributed by atoms with Crippen molar-refractivity contribution in [2.24, 2.45) is 0 Å². The summed E-state index contributed by atoms with van der Waals surface area (Å²) in [5.74, 6) is 0. The third-order valence-corrected chi connectivity index (χ3v) is 2.11. The van der Waals surface area contributed by atoms with E-state index in [-0.39, 0.29) is 0 Å². The molecule has 80 valence electrons. The van der Waals surface area contributed by atoms with E-state index in [0.29, 0.717) is 5.69 Å². The van der Waals surface area contributed by atoms with E-state index in [2.05, 4.69) is 10.3 Å². The molecule has 2 aromatic rings. The third kappa shape index (κ3) is 2.36. The van der Waals surface area contributed by atoms with Crippen LogP contribution in [0.2, 0.25) is 0 Å². The standard InChI is InChI=1S/C12H10N2O2/c15-12(16)14-11-5-1-3-9(7-11)10-4-2-6-13-8-10/h1-8,14H,(H,15,16). The van der Waals surface area contributed by atoms with Gasteiger partial charge in [-0.3, -0.25) is 10.3 Å². The normalized spacial score (nSPS) is 9.75. The van der Waals surface area contributed by atoms with Crippen molar-refractivity contribution < 1.29 is 9.90 Å². The fraction of sp³-hybridized carbons (Fsp3) is 0. The lowest BCUT2D eigenvalue weighted by Crippen LogP contribution is -2.06. The number of pyridine rings is 1. The van der Waals surface area contributed by atoms with Gasteiger partial charge in [0.15, 0.2) is 0 Å². The zero-order valence-corrected chi connectivity index (χ0v) is 8.42. The van der Waals surface area contributed by atoms with Crippen LogP contribution in [0.15, 0.2) is 48.8 Å². The molecule has 0 fully saturated rings. The van der Waals surface area contributed by atoms with Gasteiger partial charge in [-0.25, -0.2) is 4.79 Å². The first-order valence-corrected chi connectivity index (χ1v) is 4.76. The maximum absolute atomic E-state index is 10.5. The van der Waals surface area contributed by atoms with Crippen LogP contribution in [0.5, 0.6) is 0 Å². The zero-order valence-electron chi connectivity index (χ0n) is 8.42. The van der Waals surface area contributed by atoms with Crippen molar-refractivity contribution in [2.45, 2.75) is 0 Å².